The summed E-state index contributed by atoms with van der Waals surface area (Å²) in [5, 5.41) is 8.08. The van der Waals surface area contributed by atoms with Gasteiger partial charge in [-0.3, -0.25) is 9.63 Å². The highest BCUT2D eigenvalue weighted by atomic mass is 19.1. The van der Waals surface area contributed by atoms with Gasteiger partial charge in [-0.25, -0.2) is 19.4 Å². The van der Waals surface area contributed by atoms with Gasteiger partial charge in [0, 0.05) is 31.6 Å². The standard InChI is InChI=1S/C35H37FN6O4/c1-5-35(43)40-28-16-29(32(44-4)17-31(28)41-19-22(2)46-23(3)20-41)39-33-18-34(38-21-37-33)42-30(12-13-45-42)26-10-6-8-24(14-26)25-9-7-11-27(36)15-25/h5-11,14-18,21-23,30H,1,12-13,19-20H2,2-4H3,(H,40,43)(H,37,38,39)/t22-,23+,30?. The van der Waals surface area contributed by atoms with Crippen LogP contribution in [0.1, 0.15) is 31.9 Å². The molecule has 6 rings (SSSR count). The number of methoxy groups -OCH3 is 1. The lowest BCUT2D eigenvalue weighted by molar-refractivity contribution is -0.111. The number of nitrogens with one attached hydrogen (secondary N) is 2. The van der Waals surface area contributed by atoms with E-state index in [1.165, 1.54) is 24.5 Å². The average molecular weight is 625 g/mol. The van der Waals surface area contributed by atoms with Crippen molar-refractivity contribution in [1.29, 1.82) is 0 Å². The summed E-state index contributed by atoms with van der Waals surface area (Å²) in [7, 11) is 1.60. The zero-order valence-corrected chi connectivity index (χ0v) is 26.1. The van der Waals surface area contributed by atoms with Crippen molar-refractivity contribution in [2.24, 2.45) is 0 Å². The smallest absolute Gasteiger partial charge is 0.247 e. The number of hydrogen-bond acceptors (Lipinski definition) is 9. The number of ether oxygens (including phenoxy) is 2. The molecule has 2 N–H and O–H groups in total. The topological polar surface area (TPSA) is 101 Å². The third kappa shape index (κ3) is 6.80. The molecule has 0 radical (unpaired) electrons. The van der Waals surface area contributed by atoms with Gasteiger partial charge in [-0.15, -0.1) is 0 Å². The molecule has 2 aliphatic rings. The molecule has 0 saturated carbocycles. The maximum Gasteiger partial charge on any atom is 0.247 e. The minimum atomic E-state index is -0.324. The van der Waals surface area contributed by atoms with E-state index in [2.05, 4.69) is 38.1 Å². The van der Waals surface area contributed by atoms with Gasteiger partial charge < -0.3 is 25.0 Å². The average Bonchev–Trinajstić information content (AvgIpc) is 3.55. The normalized spacial score (nSPS) is 19.5. The maximum absolute atomic E-state index is 13.9. The summed E-state index contributed by atoms with van der Waals surface area (Å²) in [5.74, 6) is 1.05. The molecule has 3 atom stereocenters. The zero-order valence-electron chi connectivity index (χ0n) is 26.1. The SMILES string of the molecule is C=CC(=O)Nc1cc(Nc2cc(N3OCCC3c3cccc(-c4cccc(F)c4)c3)ncn2)c(OC)cc1N1C[C@@H](C)O[C@@H](C)C1. The molecular formula is C35H37FN6O4. The molecule has 46 heavy (non-hydrogen) atoms. The van der Waals surface area contributed by atoms with Gasteiger partial charge in [0.25, 0.3) is 0 Å². The third-order valence-corrected chi connectivity index (χ3v) is 8.00. The Morgan fingerprint density at radius 2 is 1.78 bits per heavy atom. The Morgan fingerprint density at radius 1 is 1.02 bits per heavy atom. The molecule has 2 aliphatic heterocycles. The summed E-state index contributed by atoms with van der Waals surface area (Å²) in [4.78, 5) is 29.6. The second-order valence-electron chi connectivity index (χ2n) is 11.4. The Balaban J connectivity index is 1.28. The lowest BCUT2D eigenvalue weighted by Gasteiger charge is -2.38. The first-order valence-corrected chi connectivity index (χ1v) is 15.2. The minimum absolute atomic E-state index is 0.0235. The molecule has 2 saturated heterocycles. The van der Waals surface area contributed by atoms with Gasteiger partial charge in [-0.2, -0.15) is 0 Å². The van der Waals surface area contributed by atoms with Crippen molar-refractivity contribution in [2.75, 3.05) is 47.4 Å². The molecule has 1 aromatic heterocycles. The Kier molecular flexibility index (Phi) is 9.13. The Bertz CT molecular complexity index is 1730. The van der Waals surface area contributed by atoms with Gasteiger partial charge in [0.05, 0.1) is 49.0 Å². The number of rotatable bonds is 9. The summed E-state index contributed by atoms with van der Waals surface area (Å²) in [6.07, 6.45) is 3.51. The predicted octanol–water partition coefficient (Wildman–Crippen LogP) is 6.66. The molecule has 2 fully saturated rings. The quantitative estimate of drug-likeness (QED) is 0.198. The number of morpholine rings is 1. The van der Waals surface area contributed by atoms with Crippen LogP contribution in [0.25, 0.3) is 11.1 Å². The lowest BCUT2D eigenvalue weighted by Crippen LogP contribution is -2.45. The molecule has 3 aromatic carbocycles. The second-order valence-corrected chi connectivity index (χ2v) is 11.4. The molecule has 3 heterocycles. The molecule has 0 aliphatic carbocycles. The number of amides is 1. The number of hydroxylamine groups is 1. The van der Waals surface area contributed by atoms with E-state index in [0.717, 1.165) is 28.8 Å². The molecule has 4 aromatic rings. The molecule has 1 amide bonds. The molecule has 0 bridgehead atoms. The van der Waals surface area contributed by atoms with Gasteiger partial charge in [-0.1, -0.05) is 36.9 Å². The van der Waals surface area contributed by atoms with Crippen LogP contribution < -0.4 is 25.3 Å². The highest BCUT2D eigenvalue weighted by Crippen LogP contribution is 2.40. The van der Waals surface area contributed by atoms with Crippen LogP contribution in [0.5, 0.6) is 5.75 Å². The predicted molar refractivity (Wildman–Crippen MR) is 177 cm³/mol. The Hall–Kier alpha value is -5.00. The second kappa shape index (κ2) is 13.6. The number of nitrogens with zero attached hydrogens (tertiary/aromatic N) is 4. The number of benzene rings is 3. The van der Waals surface area contributed by atoms with E-state index in [-0.39, 0.29) is 30.0 Å². The van der Waals surface area contributed by atoms with E-state index in [9.17, 15) is 9.18 Å². The van der Waals surface area contributed by atoms with Gasteiger partial charge in [0.1, 0.15) is 23.7 Å². The lowest BCUT2D eigenvalue weighted by atomic mass is 9.98. The van der Waals surface area contributed by atoms with E-state index in [1.807, 2.05) is 50.2 Å². The number of hydrogen-bond donors (Lipinski definition) is 2. The first-order chi connectivity index (χ1) is 22.3. The van der Waals surface area contributed by atoms with Crippen LogP contribution in [0.15, 0.2) is 85.7 Å². The largest absolute Gasteiger partial charge is 0.494 e. The first-order valence-electron chi connectivity index (χ1n) is 15.2. The first kappa shape index (κ1) is 31.0. The number of anilines is 5. The van der Waals surface area contributed by atoms with Gasteiger partial charge in [-0.05, 0) is 60.9 Å². The van der Waals surface area contributed by atoms with Crippen molar-refractivity contribution in [2.45, 2.75) is 38.5 Å². The van der Waals surface area contributed by atoms with Crippen molar-refractivity contribution in [1.82, 2.24) is 9.97 Å². The monoisotopic (exact) mass is 624 g/mol. The van der Waals surface area contributed by atoms with Crippen LogP contribution in [0.2, 0.25) is 0 Å². The number of halogens is 1. The van der Waals surface area contributed by atoms with Crippen molar-refractivity contribution < 1.29 is 23.5 Å². The fourth-order valence-corrected chi connectivity index (χ4v) is 6.02. The van der Waals surface area contributed by atoms with Crippen LogP contribution in [0, 0.1) is 5.82 Å². The number of aromatic nitrogens is 2. The van der Waals surface area contributed by atoms with E-state index in [0.29, 0.717) is 48.5 Å². The van der Waals surface area contributed by atoms with Crippen LogP contribution in [-0.2, 0) is 14.4 Å². The van der Waals surface area contributed by atoms with Gasteiger partial charge >= 0.3 is 0 Å². The van der Waals surface area contributed by atoms with E-state index in [1.54, 1.807) is 24.3 Å². The van der Waals surface area contributed by atoms with Crippen molar-refractivity contribution in [3.63, 3.8) is 0 Å². The summed E-state index contributed by atoms with van der Waals surface area (Å²) in [5.41, 5.74) is 4.78. The van der Waals surface area contributed by atoms with Crippen molar-refractivity contribution in [3.8, 4) is 16.9 Å². The number of carbonyl (C=O) groups is 1. The third-order valence-electron chi connectivity index (χ3n) is 8.00. The number of carbonyl (C=O) groups excluding carboxylic acids is 1. The zero-order chi connectivity index (χ0) is 32.2. The van der Waals surface area contributed by atoms with Crippen molar-refractivity contribution in [3.05, 3.63) is 97.1 Å². The highest BCUT2D eigenvalue weighted by molar-refractivity contribution is 6.02. The maximum atomic E-state index is 13.9. The molecular weight excluding hydrogens is 587 g/mol. The van der Waals surface area contributed by atoms with E-state index >= 15 is 0 Å². The van der Waals surface area contributed by atoms with Crippen LogP contribution in [-0.4, -0.2) is 54.9 Å². The van der Waals surface area contributed by atoms with Crippen LogP contribution in [0.3, 0.4) is 0 Å². The van der Waals surface area contributed by atoms with E-state index in [4.69, 9.17) is 14.3 Å². The molecule has 0 spiro atoms. The fraction of sp³-hybridized carbons (Fsp3) is 0.286. The highest BCUT2D eigenvalue weighted by Gasteiger charge is 2.30. The van der Waals surface area contributed by atoms with E-state index < -0.39 is 0 Å². The van der Waals surface area contributed by atoms with Crippen LogP contribution in [0.4, 0.5) is 33.1 Å². The molecule has 238 valence electrons. The molecule has 11 heteroatoms. The van der Waals surface area contributed by atoms with Gasteiger partial charge in [0.2, 0.25) is 5.91 Å². The summed E-state index contributed by atoms with van der Waals surface area (Å²) >= 11 is 0. The summed E-state index contributed by atoms with van der Waals surface area (Å²) < 4.78 is 25.6. The Morgan fingerprint density at radius 3 is 2.52 bits per heavy atom. The van der Waals surface area contributed by atoms with Gasteiger partial charge in [0.15, 0.2) is 5.82 Å². The minimum Gasteiger partial charge on any atom is -0.494 e. The molecule has 10 nitrogen and oxygen atoms in total. The molecule has 1 unspecified atom stereocenters. The summed E-state index contributed by atoms with van der Waals surface area (Å²) in [6, 6.07) is 20.0. The Labute approximate surface area is 267 Å². The fourth-order valence-electron chi connectivity index (χ4n) is 6.02. The summed E-state index contributed by atoms with van der Waals surface area (Å²) in [6.45, 7) is 9.51. The van der Waals surface area contributed by atoms with Crippen LogP contribution >= 0.6 is 0 Å². The van der Waals surface area contributed by atoms with Crippen molar-refractivity contribution >= 4 is 34.6 Å².